The largest absolute Gasteiger partial charge is 0.330 e. The molecule has 0 aliphatic carbocycles. The van der Waals surface area contributed by atoms with Gasteiger partial charge in [0.1, 0.15) is 11.5 Å². The van der Waals surface area contributed by atoms with E-state index in [2.05, 4.69) is 5.32 Å². The summed E-state index contributed by atoms with van der Waals surface area (Å²) in [7, 11) is 0. The number of rotatable bonds is 7. The van der Waals surface area contributed by atoms with Gasteiger partial charge in [-0.05, 0) is 30.9 Å². The number of amides is 1. The van der Waals surface area contributed by atoms with Crippen molar-refractivity contribution in [2.45, 2.75) is 33.1 Å². The molecule has 0 radical (unpaired) electrons. The van der Waals surface area contributed by atoms with Gasteiger partial charge in [-0.3, -0.25) is 14.9 Å². The number of nitro groups is 1. The summed E-state index contributed by atoms with van der Waals surface area (Å²) in [6.07, 6.45) is 1.57. The van der Waals surface area contributed by atoms with Crippen LogP contribution in [0.15, 0.2) is 18.2 Å². The Labute approximate surface area is 122 Å². The van der Waals surface area contributed by atoms with Gasteiger partial charge < -0.3 is 11.1 Å². The van der Waals surface area contributed by atoms with Gasteiger partial charge in [-0.15, -0.1) is 0 Å². The van der Waals surface area contributed by atoms with Crippen LogP contribution in [0.4, 0.5) is 15.8 Å². The summed E-state index contributed by atoms with van der Waals surface area (Å²) in [5, 5.41) is 13.2. The number of carbonyl (C=O) groups is 1. The molecule has 0 aliphatic heterocycles. The molecule has 7 heteroatoms. The Morgan fingerprint density at radius 3 is 2.67 bits per heavy atom. The molecule has 0 unspecified atom stereocenters. The minimum Gasteiger partial charge on any atom is -0.330 e. The van der Waals surface area contributed by atoms with Gasteiger partial charge in [-0.1, -0.05) is 13.8 Å². The van der Waals surface area contributed by atoms with E-state index in [-0.39, 0.29) is 29.1 Å². The molecule has 0 saturated heterocycles. The van der Waals surface area contributed by atoms with Crippen molar-refractivity contribution in [3.63, 3.8) is 0 Å². The summed E-state index contributed by atoms with van der Waals surface area (Å²) in [6, 6.07) is 2.96. The molecule has 0 saturated carbocycles. The summed E-state index contributed by atoms with van der Waals surface area (Å²) in [6.45, 7) is 4.53. The van der Waals surface area contributed by atoms with Crippen LogP contribution in [-0.4, -0.2) is 17.4 Å². The molecular formula is C14H20FN3O3. The second-order valence-electron chi connectivity index (χ2n) is 5.67. The Bertz CT molecular complexity index is 532. The number of nitrogens with two attached hydrogens (primary N) is 1. The highest BCUT2D eigenvalue weighted by atomic mass is 19.1. The molecule has 1 rings (SSSR count). The maximum atomic E-state index is 13.1. The van der Waals surface area contributed by atoms with Crippen LogP contribution < -0.4 is 11.1 Å². The highest BCUT2D eigenvalue weighted by Gasteiger charge is 2.20. The third kappa shape index (κ3) is 5.47. The molecule has 0 bridgehead atoms. The number of nitro benzene ring substituents is 1. The van der Waals surface area contributed by atoms with E-state index >= 15 is 0 Å². The summed E-state index contributed by atoms with van der Waals surface area (Å²) in [5.41, 5.74) is 4.96. The van der Waals surface area contributed by atoms with E-state index in [0.29, 0.717) is 13.0 Å². The molecule has 1 aromatic rings. The van der Waals surface area contributed by atoms with Crippen molar-refractivity contribution in [3.8, 4) is 0 Å². The molecule has 6 nitrogen and oxygen atoms in total. The Hall–Kier alpha value is -2.02. The van der Waals surface area contributed by atoms with Crippen LogP contribution >= 0.6 is 0 Å². The average Bonchev–Trinajstić information content (AvgIpc) is 2.36. The van der Waals surface area contributed by atoms with E-state index in [1.54, 1.807) is 0 Å². The normalized spacial score (nSPS) is 11.2. The predicted molar refractivity (Wildman–Crippen MR) is 78.4 cm³/mol. The Morgan fingerprint density at radius 2 is 2.10 bits per heavy atom. The van der Waals surface area contributed by atoms with Crippen molar-refractivity contribution in [2.24, 2.45) is 11.1 Å². The monoisotopic (exact) mass is 297 g/mol. The number of nitrogens with one attached hydrogen (secondary N) is 1. The molecular weight excluding hydrogens is 277 g/mol. The number of carbonyl (C=O) groups excluding carboxylic acids is 1. The number of anilines is 1. The molecule has 3 N–H and O–H groups in total. The van der Waals surface area contributed by atoms with E-state index in [0.717, 1.165) is 24.6 Å². The lowest BCUT2D eigenvalue weighted by Crippen LogP contribution is -2.21. The lowest BCUT2D eigenvalue weighted by atomic mass is 9.84. The van der Waals surface area contributed by atoms with Gasteiger partial charge in [0.2, 0.25) is 5.91 Å². The van der Waals surface area contributed by atoms with E-state index in [1.807, 2.05) is 13.8 Å². The van der Waals surface area contributed by atoms with Crippen LogP contribution in [0.25, 0.3) is 0 Å². The zero-order valence-electron chi connectivity index (χ0n) is 12.2. The first kappa shape index (κ1) is 17.0. The van der Waals surface area contributed by atoms with Crippen LogP contribution in [0.3, 0.4) is 0 Å². The van der Waals surface area contributed by atoms with Gasteiger partial charge >= 0.3 is 0 Å². The summed E-state index contributed by atoms with van der Waals surface area (Å²) < 4.78 is 13.1. The van der Waals surface area contributed by atoms with E-state index in [4.69, 9.17) is 5.73 Å². The van der Waals surface area contributed by atoms with Crippen LogP contribution in [0, 0.1) is 21.3 Å². The molecule has 0 fully saturated rings. The van der Waals surface area contributed by atoms with E-state index in [1.165, 1.54) is 0 Å². The highest BCUT2D eigenvalue weighted by Crippen LogP contribution is 2.28. The van der Waals surface area contributed by atoms with Crippen LogP contribution in [0.5, 0.6) is 0 Å². The van der Waals surface area contributed by atoms with Crippen molar-refractivity contribution < 1.29 is 14.1 Å². The quantitative estimate of drug-likeness (QED) is 0.597. The Kier molecular flexibility index (Phi) is 5.78. The van der Waals surface area contributed by atoms with E-state index in [9.17, 15) is 19.3 Å². The van der Waals surface area contributed by atoms with Crippen molar-refractivity contribution in [1.29, 1.82) is 0 Å². The second kappa shape index (κ2) is 7.12. The van der Waals surface area contributed by atoms with Crippen molar-refractivity contribution in [1.82, 2.24) is 0 Å². The van der Waals surface area contributed by atoms with Gasteiger partial charge in [0.25, 0.3) is 5.69 Å². The molecule has 1 amide bonds. The standard InChI is InChI=1S/C14H20FN3O3/c1-14(2,7-8-16)6-5-13(19)17-11-9-10(15)3-4-12(11)18(20)21/h3-4,9H,5-8,16H2,1-2H3,(H,17,19). The van der Waals surface area contributed by atoms with Gasteiger partial charge in [-0.25, -0.2) is 4.39 Å². The fourth-order valence-corrected chi connectivity index (χ4v) is 1.95. The lowest BCUT2D eigenvalue weighted by molar-refractivity contribution is -0.384. The van der Waals surface area contributed by atoms with E-state index < -0.39 is 10.7 Å². The maximum Gasteiger partial charge on any atom is 0.292 e. The maximum absolute atomic E-state index is 13.1. The number of halogens is 1. The predicted octanol–water partition coefficient (Wildman–Crippen LogP) is 2.83. The first-order chi connectivity index (χ1) is 9.75. The Balaban J connectivity index is 2.71. The van der Waals surface area contributed by atoms with Gasteiger partial charge in [0.15, 0.2) is 0 Å². The summed E-state index contributed by atoms with van der Waals surface area (Å²) in [4.78, 5) is 22.0. The van der Waals surface area contributed by atoms with Crippen LogP contribution in [-0.2, 0) is 4.79 Å². The number of hydrogen-bond acceptors (Lipinski definition) is 4. The van der Waals surface area contributed by atoms with Crippen LogP contribution in [0.1, 0.15) is 33.1 Å². The molecule has 0 spiro atoms. The topological polar surface area (TPSA) is 98.3 Å². The fourth-order valence-electron chi connectivity index (χ4n) is 1.95. The average molecular weight is 297 g/mol. The third-order valence-corrected chi connectivity index (χ3v) is 3.28. The Morgan fingerprint density at radius 1 is 1.43 bits per heavy atom. The van der Waals surface area contributed by atoms with Crippen molar-refractivity contribution in [2.75, 3.05) is 11.9 Å². The number of nitrogens with zero attached hydrogens (tertiary/aromatic N) is 1. The number of hydrogen-bond donors (Lipinski definition) is 2. The first-order valence-corrected chi connectivity index (χ1v) is 6.69. The second-order valence-corrected chi connectivity index (χ2v) is 5.67. The molecule has 1 aromatic carbocycles. The zero-order valence-corrected chi connectivity index (χ0v) is 12.2. The minimum atomic E-state index is -0.659. The molecule has 0 atom stereocenters. The highest BCUT2D eigenvalue weighted by molar-refractivity contribution is 5.93. The number of benzene rings is 1. The third-order valence-electron chi connectivity index (χ3n) is 3.28. The van der Waals surface area contributed by atoms with Crippen LogP contribution in [0.2, 0.25) is 0 Å². The minimum absolute atomic E-state index is 0.0834. The van der Waals surface area contributed by atoms with Gasteiger partial charge in [0.05, 0.1) is 4.92 Å². The molecule has 21 heavy (non-hydrogen) atoms. The first-order valence-electron chi connectivity index (χ1n) is 6.69. The molecule has 0 aliphatic rings. The van der Waals surface area contributed by atoms with Crippen molar-refractivity contribution >= 4 is 17.3 Å². The molecule has 0 aromatic heterocycles. The molecule has 0 heterocycles. The summed E-state index contributed by atoms with van der Waals surface area (Å²) in [5.74, 6) is -1.02. The lowest BCUT2D eigenvalue weighted by Gasteiger charge is -2.23. The van der Waals surface area contributed by atoms with Crippen molar-refractivity contribution in [3.05, 3.63) is 34.1 Å². The smallest absolute Gasteiger partial charge is 0.292 e. The molecule has 116 valence electrons. The zero-order chi connectivity index (χ0) is 16.0. The SMILES string of the molecule is CC(C)(CCN)CCC(=O)Nc1cc(F)ccc1[N+](=O)[O-]. The van der Waals surface area contributed by atoms with Gasteiger partial charge in [-0.2, -0.15) is 0 Å². The summed E-state index contributed by atoms with van der Waals surface area (Å²) >= 11 is 0. The van der Waals surface area contributed by atoms with Gasteiger partial charge in [0, 0.05) is 18.6 Å². The fraction of sp³-hybridized carbons (Fsp3) is 0.500.